The van der Waals surface area contributed by atoms with E-state index in [1.165, 1.54) is 63.7 Å². The van der Waals surface area contributed by atoms with Crippen LogP contribution in [0.25, 0.3) is 11.1 Å². The van der Waals surface area contributed by atoms with E-state index in [9.17, 15) is 24.0 Å². The molecule has 360 valence electrons. The Labute approximate surface area is 403 Å². The molecular weight excluding hydrogens is 877 g/mol. The predicted molar refractivity (Wildman–Crippen MR) is 260 cm³/mol. The number of fused-ring (bicyclic) bond motifs is 8. The first-order valence-corrected chi connectivity index (χ1v) is 23.1. The van der Waals surface area contributed by atoms with Crippen molar-refractivity contribution < 1.29 is 43.0 Å². The number of hydrogen-bond acceptors (Lipinski definition) is 9. The number of benzene rings is 5. The third kappa shape index (κ3) is 11.7. The second-order valence-corrected chi connectivity index (χ2v) is 17.8. The zero-order valence-electron chi connectivity index (χ0n) is 40.1. The monoisotopic (exact) mass is 936 g/mol. The quantitative estimate of drug-likeness (QED) is 0.186. The van der Waals surface area contributed by atoms with Gasteiger partial charge >= 0.3 is 0 Å². The molecule has 5 aromatic carbocycles. The van der Waals surface area contributed by atoms with E-state index in [-0.39, 0.29) is 32.5 Å². The van der Waals surface area contributed by atoms with Crippen LogP contribution in [-0.4, -0.2) is 115 Å². The lowest BCUT2D eigenvalue weighted by atomic mass is 9.92. The lowest BCUT2D eigenvalue weighted by Gasteiger charge is -2.37. The number of carbonyl (C=O) groups excluding carboxylic acids is 6. The fraction of sp³-hybridized carbons (Fsp3) is 0.333. The van der Waals surface area contributed by atoms with Gasteiger partial charge in [-0.15, -0.1) is 0 Å². The van der Waals surface area contributed by atoms with Crippen molar-refractivity contribution in [2.75, 3.05) is 28.3 Å². The molecule has 69 heavy (non-hydrogen) atoms. The minimum absolute atomic E-state index is 0.000309. The molecule has 7 rings (SSSR count). The van der Waals surface area contributed by atoms with Gasteiger partial charge in [0.2, 0.25) is 35.4 Å². The van der Waals surface area contributed by atoms with E-state index < -0.39 is 71.7 Å². The van der Waals surface area contributed by atoms with Gasteiger partial charge in [-0.2, -0.15) is 0 Å². The molecule has 0 aromatic heterocycles. The lowest BCUT2D eigenvalue weighted by Crippen LogP contribution is -2.61. The number of rotatable bonds is 9. The topological polar surface area (TPSA) is 176 Å². The number of methoxy groups -OCH3 is 1. The first kappa shape index (κ1) is 49.2. The van der Waals surface area contributed by atoms with Crippen molar-refractivity contribution in [1.82, 2.24) is 30.7 Å². The Balaban J connectivity index is 1.32. The van der Waals surface area contributed by atoms with E-state index >= 15 is 4.79 Å². The van der Waals surface area contributed by atoms with Crippen molar-refractivity contribution in [2.24, 2.45) is 0 Å². The van der Waals surface area contributed by atoms with E-state index in [0.29, 0.717) is 45.1 Å². The van der Waals surface area contributed by atoms with Crippen LogP contribution in [0.1, 0.15) is 48.6 Å². The molecule has 0 aliphatic carbocycles. The van der Waals surface area contributed by atoms with Gasteiger partial charge in [-0.05, 0) is 85.0 Å². The first-order chi connectivity index (χ1) is 33.1. The SMILES string of the molecule is COc1ccc(C[C@H]2C(=O)N[C@@H](C)C(=O)N(C)[C@H]3Cc4ccc(OCc5ccccc5)c(c4)-c4cc(ccc4OCc4ccccc4)C[C@@H](C(=O)N[C@H](C)C(=O)N[C@@H](C)C(=O)N2C)N(C)C3=O)cc1. The molecule has 0 unspecified atom stereocenters. The van der Waals surface area contributed by atoms with Gasteiger partial charge in [-0.3, -0.25) is 28.8 Å². The predicted octanol–water partition coefficient (Wildman–Crippen LogP) is 4.87. The Kier molecular flexibility index (Phi) is 15.7. The van der Waals surface area contributed by atoms with Gasteiger partial charge in [0.1, 0.15) is 66.7 Å². The van der Waals surface area contributed by atoms with Crippen LogP contribution < -0.4 is 30.2 Å². The van der Waals surface area contributed by atoms with Crippen LogP contribution in [0.3, 0.4) is 0 Å². The molecule has 0 spiro atoms. The highest BCUT2D eigenvalue weighted by Crippen LogP contribution is 2.40. The molecule has 1 saturated heterocycles. The summed E-state index contributed by atoms with van der Waals surface area (Å²) >= 11 is 0. The van der Waals surface area contributed by atoms with E-state index in [1.807, 2.05) is 97.1 Å². The van der Waals surface area contributed by atoms with Crippen LogP contribution in [-0.2, 0) is 61.2 Å². The van der Waals surface area contributed by atoms with Crippen LogP contribution in [0.2, 0.25) is 0 Å². The molecule has 15 nitrogen and oxygen atoms in total. The molecule has 2 heterocycles. The molecule has 0 saturated carbocycles. The van der Waals surface area contributed by atoms with Crippen LogP contribution >= 0.6 is 0 Å². The van der Waals surface area contributed by atoms with Crippen molar-refractivity contribution in [1.29, 1.82) is 0 Å². The van der Waals surface area contributed by atoms with Crippen molar-refractivity contribution in [2.45, 2.75) is 89.5 Å². The fourth-order valence-electron chi connectivity index (χ4n) is 8.64. The Hall–Kier alpha value is -7.68. The summed E-state index contributed by atoms with van der Waals surface area (Å²) in [6, 6.07) is 30.8. The van der Waals surface area contributed by atoms with E-state index in [0.717, 1.165) is 11.1 Å². The van der Waals surface area contributed by atoms with Crippen molar-refractivity contribution in [3.63, 3.8) is 0 Å². The molecule has 15 heteroatoms. The maximum Gasteiger partial charge on any atom is 0.246 e. The molecular formula is C54H60N6O9. The Morgan fingerprint density at radius 3 is 1.48 bits per heavy atom. The normalized spacial score (nSPS) is 21.8. The molecule has 6 amide bonds. The van der Waals surface area contributed by atoms with Gasteiger partial charge in [0, 0.05) is 51.5 Å². The van der Waals surface area contributed by atoms with Gasteiger partial charge in [0.15, 0.2) is 0 Å². The molecule has 3 N–H and O–H groups in total. The summed E-state index contributed by atoms with van der Waals surface area (Å²) in [5, 5.41) is 8.30. The fourth-order valence-corrected chi connectivity index (χ4v) is 8.64. The first-order valence-electron chi connectivity index (χ1n) is 23.1. The molecule has 6 bridgehead atoms. The summed E-state index contributed by atoms with van der Waals surface area (Å²) in [6.07, 6.45) is 0.0599. The number of ether oxygens (including phenoxy) is 3. The standard InChI is InChI=1S/C54H60N6O9/c1-33-49(61)56-34(2)52(64)58(4)44(28-36-18-22-41(67-7)23-19-36)51(63)57-35(3)53(65)60(6)46-30-40-21-25-48(69-32-38-16-12-9-13-17-38)43(27-40)42-26-39(29-45(50(62)55-33)59(5)54(46)66)20-24-47(42)68-31-37-14-10-8-11-15-37/h8-27,33-35,44-46H,28-32H2,1-7H3,(H,55,62)(H,56,61)(H,57,63)/t33-,34+,35+,44+,45+,46+/m1/s1. The average molecular weight is 937 g/mol. The van der Waals surface area contributed by atoms with Crippen LogP contribution in [0.15, 0.2) is 121 Å². The van der Waals surface area contributed by atoms with Crippen LogP contribution in [0, 0.1) is 0 Å². The third-order valence-electron chi connectivity index (χ3n) is 12.8. The summed E-state index contributed by atoms with van der Waals surface area (Å²) in [5.41, 5.74) is 5.29. The smallest absolute Gasteiger partial charge is 0.246 e. The summed E-state index contributed by atoms with van der Waals surface area (Å²) in [4.78, 5) is 90.3. The zero-order valence-corrected chi connectivity index (χ0v) is 40.1. The maximum absolute atomic E-state index is 15.1. The van der Waals surface area contributed by atoms with E-state index in [2.05, 4.69) is 16.0 Å². The van der Waals surface area contributed by atoms with Crippen LogP contribution in [0.4, 0.5) is 0 Å². The van der Waals surface area contributed by atoms with Crippen molar-refractivity contribution >= 4 is 35.4 Å². The second-order valence-electron chi connectivity index (χ2n) is 17.8. The molecule has 2 aliphatic heterocycles. The summed E-state index contributed by atoms with van der Waals surface area (Å²) in [6.45, 7) is 5.02. The number of amides is 6. The summed E-state index contributed by atoms with van der Waals surface area (Å²) in [7, 11) is 5.99. The van der Waals surface area contributed by atoms with E-state index in [1.54, 1.807) is 24.3 Å². The number of nitrogens with zero attached hydrogens (tertiary/aromatic N) is 3. The van der Waals surface area contributed by atoms with Gasteiger partial charge < -0.3 is 44.9 Å². The van der Waals surface area contributed by atoms with Crippen molar-refractivity contribution in [3.8, 4) is 28.4 Å². The largest absolute Gasteiger partial charge is 0.497 e. The van der Waals surface area contributed by atoms with E-state index in [4.69, 9.17) is 14.2 Å². The highest BCUT2D eigenvalue weighted by Gasteiger charge is 2.39. The molecule has 6 atom stereocenters. The Bertz CT molecular complexity index is 2660. The molecule has 1 fully saturated rings. The summed E-state index contributed by atoms with van der Waals surface area (Å²) < 4.78 is 18.4. The maximum atomic E-state index is 15.1. The number of carbonyl (C=O) groups is 6. The zero-order chi connectivity index (χ0) is 49.4. The number of nitrogens with one attached hydrogen (secondary N) is 3. The van der Waals surface area contributed by atoms with Gasteiger partial charge in [0.05, 0.1) is 7.11 Å². The summed E-state index contributed by atoms with van der Waals surface area (Å²) in [5.74, 6) is -1.93. The number of hydrogen-bond donors (Lipinski definition) is 3. The average Bonchev–Trinajstić information content (AvgIpc) is 3.36. The lowest BCUT2D eigenvalue weighted by molar-refractivity contribution is -0.149. The minimum atomic E-state index is -1.19. The highest BCUT2D eigenvalue weighted by molar-refractivity contribution is 5.98. The van der Waals surface area contributed by atoms with Gasteiger partial charge in [-0.1, -0.05) is 84.9 Å². The Morgan fingerprint density at radius 1 is 0.493 bits per heavy atom. The van der Waals surface area contributed by atoms with Gasteiger partial charge in [-0.25, -0.2) is 0 Å². The van der Waals surface area contributed by atoms with Gasteiger partial charge in [0.25, 0.3) is 0 Å². The molecule has 5 aromatic rings. The van der Waals surface area contributed by atoms with Crippen LogP contribution in [0.5, 0.6) is 17.2 Å². The number of likely N-dealkylation sites (N-methyl/N-ethyl adjacent to an activating group) is 3. The third-order valence-corrected chi connectivity index (χ3v) is 12.8. The Morgan fingerprint density at radius 2 is 0.957 bits per heavy atom. The second kappa shape index (κ2) is 22.0. The molecule has 0 radical (unpaired) electrons. The highest BCUT2D eigenvalue weighted by atomic mass is 16.5. The minimum Gasteiger partial charge on any atom is -0.497 e. The van der Waals surface area contributed by atoms with Crippen molar-refractivity contribution in [3.05, 3.63) is 149 Å². The molecule has 2 aliphatic rings.